The van der Waals surface area contributed by atoms with E-state index in [1.807, 2.05) is 58.0 Å². The topological polar surface area (TPSA) is 131 Å². The lowest BCUT2D eigenvalue weighted by atomic mass is 9.89. The van der Waals surface area contributed by atoms with Crippen molar-refractivity contribution < 1.29 is 29.1 Å². The van der Waals surface area contributed by atoms with Crippen LogP contribution in [-0.4, -0.2) is 48.6 Å². The normalized spacial score (nSPS) is 13.8. The molecule has 1 aromatic carbocycles. The summed E-state index contributed by atoms with van der Waals surface area (Å²) in [4.78, 5) is 23.7. The van der Waals surface area contributed by atoms with Crippen molar-refractivity contribution in [1.29, 1.82) is 0 Å². The summed E-state index contributed by atoms with van der Waals surface area (Å²) in [5.41, 5.74) is 4.50. The molecule has 1 aromatic rings. The number of likely N-dealkylation sites (N-methyl/N-ethyl adjacent to an activating group) is 1. The molecule has 29 heavy (non-hydrogen) atoms. The quantitative estimate of drug-likeness (QED) is 0.188. The van der Waals surface area contributed by atoms with E-state index in [1.54, 1.807) is 0 Å². The number of aliphatic carboxylic acids is 1. The molecule has 0 unspecified atom stereocenters. The maximum absolute atomic E-state index is 12.2. The molecule has 9 heteroatoms. The molecular formula is C20H34BN2O6. The summed E-state index contributed by atoms with van der Waals surface area (Å²) < 4.78 is 9.73. The maximum Gasteiger partial charge on any atom is 0.486 e. The van der Waals surface area contributed by atoms with Crippen molar-refractivity contribution in [3.63, 3.8) is 0 Å². The van der Waals surface area contributed by atoms with Gasteiger partial charge in [0.1, 0.15) is 6.61 Å². The SMILES string of the molecule is CC(C)C[C@H](N)O[B]O.CN[C@@](CC(C)C)(C(=O)O)C(=O)OCc1ccccc1. The van der Waals surface area contributed by atoms with Crippen molar-refractivity contribution in [2.24, 2.45) is 17.6 Å². The summed E-state index contributed by atoms with van der Waals surface area (Å²) in [5.74, 6) is -1.43. The molecule has 2 atom stereocenters. The van der Waals surface area contributed by atoms with Crippen LogP contribution < -0.4 is 11.1 Å². The first-order valence-corrected chi connectivity index (χ1v) is 9.59. The van der Waals surface area contributed by atoms with Crippen LogP contribution in [-0.2, 0) is 25.6 Å². The van der Waals surface area contributed by atoms with Gasteiger partial charge in [0.2, 0.25) is 5.54 Å². The maximum atomic E-state index is 12.2. The summed E-state index contributed by atoms with van der Waals surface area (Å²) in [6.07, 6.45) is 0.568. The third-order valence-corrected chi connectivity index (χ3v) is 4.01. The van der Waals surface area contributed by atoms with Gasteiger partial charge in [0.15, 0.2) is 0 Å². The number of hydrogen-bond acceptors (Lipinski definition) is 7. The van der Waals surface area contributed by atoms with E-state index in [9.17, 15) is 14.7 Å². The number of nitrogens with two attached hydrogens (primary N) is 1. The fraction of sp³-hybridized carbons (Fsp3) is 0.600. The van der Waals surface area contributed by atoms with Crippen molar-refractivity contribution in [1.82, 2.24) is 5.32 Å². The Labute approximate surface area is 174 Å². The van der Waals surface area contributed by atoms with Crippen LogP contribution in [0.3, 0.4) is 0 Å². The fourth-order valence-electron chi connectivity index (χ4n) is 2.63. The fourth-order valence-corrected chi connectivity index (χ4v) is 2.63. The number of nitrogens with one attached hydrogen (secondary N) is 1. The molecule has 0 aromatic heterocycles. The van der Waals surface area contributed by atoms with E-state index in [0.29, 0.717) is 13.6 Å². The van der Waals surface area contributed by atoms with Crippen LogP contribution in [0.25, 0.3) is 0 Å². The molecule has 0 aliphatic carbocycles. The van der Waals surface area contributed by atoms with Gasteiger partial charge in [-0.1, -0.05) is 58.0 Å². The van der Waals surface area contributed by atoms with Crippen LogP contribution in [0.2, 0.25) is 0 Å². The molecule has 0 saturated carbocycles. The Morgan fingerprint density at radius 3 is 2.17 bits per heavy atom. The van der Waals surface area contributed by atoms with Gasteiger partial charge in [-0.3, -0.25) is 5.32 Å². The first kappa shape index (κ1) is 27.1. The second-order valence-corrected chi connectivity index (χ2v) is 7.53. The molecular weight excluding hydrogens is 375 g/mol. The molecule has 0 heterocycles. The van der Waals surface area contributed by atoms with E-state index in [2.05, 4.69) is 9.97 Å². The Morgan fingerprint density at radius 2 is 1.76 bits per heavy atom. The number of carboxylic acids is 1. The zero-order valence-corrected chi connectivity index (χ0v) is 17.9. The predicted octanol–water partition coefficient (Wildman–Crippen LogP) is 1.68. The van der Waals surface area contributed by atoms with Crippen molar-refractivity contribution in [3.8, 4) is 0 Å². The number of carbonyl (C=O) groups excluding carboxylic acids is 1. The van der Waals surface area contributed by atoms with Crippen LogP contribution in [0, 0.1) is 11.8 Å². The van der Waals surface area contributed by atoms with Gasteiger partial charge >= 0.3 is 19.6 Å². The van der Waals surface area contributed by atoms with Crippen molar-refractivity contribution in [2.75, 3.05) is 7.05 Å². The van der Waals surface area contributed by atoms with Crippen LogP contribution >= 0.6 is 0 Å². The molecule has 0 aliphatic rings. The van der Waals surface area contributed by atoms with E-state index < -0.39 is 17.5 Å². The van der Waals surface area contributed by atoms with Crippen molar-refractivity contribution in [3.05, 3.63) is 35.9 Å². The Kier molecular flexibility index (Phi) is 13.2. The number of carboxylic acid groups (broad SMARTS) is 1. The minimum Gasteiger partial charge on any atom is -0.479 e. The van der Waals surface area contributed by atoms with E-state index in [-0.39, 0.29) is 25.2 Å². The highest BCUT2D eigenvalue weighted by Crippen LogP contribution is 2.20. The Hall–Kier alpha value is -1.94. The monoisotopic (exact) mass is 409 g/mol. The Balaban J connectivity index is 0.000000734. The lowest BCUT2D eigenvalue weighted by molar-refractivity contribution is -0.165. The van der Waals surface area contributed by atoms with Gasteiger partial charge in [0.05, 0.1) is 6.23 Å². The van der Waals surface area contributed by atoms with Gasteiger partial charge in [-0.25, -0.2) is 9.59 Å². The molecule has 163 valence electrons. The number of ether oxygens (including phenoxy) is 1. The minimum atomic E-state index is -1.69. The lowest BCUT2D eigenvalue weighted by Gasteiger charge is -2.28. The summed E-state index contributed by atoms with van der Waals surface area (Å²) in [6, 6.07) is 9.16. The first-order valence-electron chi connectivity index (χ1n) is 9.59. The largest absolute Gasteiger partial charge is 0.486 e. The molecule has 8 nitrogen and oxygen atoms in total. The van der Waals surface area contributed by atoms with E-state index in [1.165, 1.54) is 7.05 Å². The van der Waals surface area contributed by atoms with Gasteiger partial charge in [0, 0.05) is 0 Å². The number of carbonyl (C=O) groups is 2. The highest BCUT2D eigenvalue weighted by molar-refractivity contribution is 6.15. The van der Waals surface area contributed by atoms with Crippen molar-refractivity contribution >= 4 is 19.6 Å². The van der Waals surface area contributed by atoms with Crippen LogP contribution in [0.15, 0.2) is 30.3 Å². The van der Waals surface area contributed by atoms with Gasteiger partial charge in [-0.2, -0.15) is 0 Å². The van der Waals surface area contributed by atoms with Gasteiger partial charge in [-0.05, 0) is 37.3 Å². The van der Waals surface area contributed by atoms with Gasteiger partial charge in [-0.15, -0.1) is 0 Å². The highest BCUT2D eigenvalue weighted by Gasteiger charge is 2.47. The predicted molar refractivity (Wildman–Crippen MR) is 112 cm³/mol. The molecule has 0 bridgehead atoms. The van der Waals surface area contributed by atoms with Gasteiger partial charge in [0.25, 0.3) is 0 Å². The third-order valence-electron chi connectivity index (χ3n) is 4.01. The first-order chi connectivity index (χ1) is 13.6. The second kappa shape index (κ2) is 14.1. The number of esters is 1. The highest BCUT2D eigenvalue weighted by atomic mass is 16.5. The van der Waals surface area contributed by atoms with Crippen LogP contribution in [0.1, 0.15) is 46.1 Å². The summed E-state index contributed by atoms with van der Waals surface area (Å²) in [6.45, 7) is 7.87. The molecule has 0 amide bonds. The third kappa shape index (κ3) is 10.4. The van der Waals surface area contributed by atoms with Crippen LogP contribution in [0.4, 0.5) is 0 Å². The number of rotatable bonds is 11. The zero-order chi connectivity index (χ0) is 22.4. The van der Waals surface area contributed by atoms with Crippen LogP contribution in [0.5, 0.6) is 0 Å². The molecule has 0 fully saturated rings. The van der Waals surface area contributed by atoms with E-state index in [4.69, 9.17) is 15.5 Å². The smallest absolute Gasteiger partial charge is 0.479 e. The second-order valence-electron chi connectivity index (χ2n) is 7.53. The molecule has 5 N–H and O–H groups in total. The number of hydrogen-bond donors (Lipinski definition) is 4. The lowest BCUT2D eigenvalue weighted by Crippen LogP contribution is -2.58. The molecule has 1 rings (SSSR count). The summed E-state index contributed by atoms with van der Waals surface area (Å²) in [7, 11) is 2.09. The van der Waals surface area contributed by atoms with E-state index >= 15 is 0 Å². The van der Waals surface area contributed by atoms with Gasteiger partial charge < -0.3 is 25.3 Å². The summed E-state index contributed by atoms with van der Waals surface area (Å²) in [5, 5.41) is 20.1. The minimum absolute atomic E-state index is 0.0443. The van der Waals surface area contributed by atoms with E-state index in [0.717, 1.165) is 12.0 Å². The zero-order valence-electron chi connectivity index (χ0n) is 17.9. The summed E-state index contributed by atoms with van der Waals surface area (Å²) >= 11 is 0. The molecule has 0 aliphatic heterocycles. The average Bonchev–Trinajstić information content (AvgIpc) is 2.64. The molecule has 0 spiro atoms. The Bertz CT molecular complexity index is 600. The molecule has 0 saturated heterocycles. The Morgan fingerprint density at radius 1 is 1.17 bits per heavy atom. The number of benzene rings is 1. The molecule has 1 radical (unpaired) electrons. The van der Waals surface area contributed by atoms with Crippen molar-refractivity contribution in [2.45, 2.75) is 58.9 Å². The standard InChI is InChI=1S/C15H21NO4.C5H13BNO2/c1-11(2)9-15(16-3,13(17)18)14(19)20-10-12-7-5-4-6-8-12;1-4(2)3-5(7)9-6-8/h4-8,11,16H,9-10H2,1-3H3,(H,17,18);4-5,8H,3,7H2,1-2H3/t15-;5-/m01/s1. The average molecular weight is 409 g/mol.